The Morgan fingerprint density at radius 2 is 2.19 bits per heavy atom. The highest BCUT2D eigenvalue weighted by Gasteiger charge is 2.18. The average Bonchev–Trinajstić information content (AvgIpc) is 2.25. The number of benzene rings is 1. The molecule has 1 saturated heterocycles. The van der Waals surface area contributed by atoms with Crippen molar-refractivity contribution in [2.75, 3.05) is 12.3 Å². The summed E-state index contributed by atoms with van der Waals surface area (Å²) in [4.78, 5) is 13.6. The third-order valence-corrected chi connectivity index (χ3v) is 3.60. The van der Waals surface area contributed by atoms with Gasteiger partial charge in [-0.15, -0.1) is 0 Å². The van der Waals surface area contributed by atoms with Gasteiger partial charge in [-0.1, -0.05) is 22.0 Å². The minimum Gasteiger partial charge on any atom is -0.399 e. The van der Waals surface area contributed by atoms with E-state index in [2.05, 4.69) is 15.9 Å². The minimum absolute atomic E-state index is 0.259. The van der Waals surface area contributed by atoms with Crippen LogP contribution in [0.3, 0.4) is 0 Å². The molecule has 1 amide bonds. The van der Waals surface area contributed by atoms with Crippen LogP contribution in [0.15, 0.2) is 22.7 Å². The van der Waals surface area contributed by atoms with E-state index in [0.717, 1.165) is 35.1 Å². The first-order valence-corrected chi connectivity index (χ1v) is 6.28. The van der Waals surface area contributed by atoms with E-state index in [4.69, 9.17) is 5.73 Å². The van der Waals surface area contributed by atoms with Gasteiger partial charge < -0.3 is 10.6 Å². The predicted octanol–water partition coefficient (Wildman–Crippen LogP) is 2.54. The van der Waals surface area contributed by atoms with Crippen molar-refractivity contribution in [2.45, 2.75) is 25.8 Å². The normalized spacial score (nSPS) is 16.6. The molecule has 1 aromatic carbocycles. The molecule has 0 atom stereocenters. The fraction of sp³-hybridized carbons (Fsp3) is 0.417. The van der Waals surface area contributed by atoms with Gasteiger partial charge in [-0.3, -0.25) is 4.79 Å². The van der Waals surface area contributed by atoms with Crippen LogP contribution in [0.5, 0.6) is 0 Å². The Kier molecular flexibility index (Phi) is 3.49. The summed E-state index contributed by atoms with van der Waals surface area (Å²) in [6.45, 7) is 1.55. The molecule has 0 radical (unpaired) electrons. The summed E-state index contributed by atoms with van der Waals surface area (Å²) in [5, 5.41) is 0. The Hall–Kier alpha value is -1.03. The lowest BCUT2D eigenvalue weighted by Crippen LogP contribution is -2.34. The molecular formula is C12H15BrN2O. The first-order valence-electron chi connectivity index (χ1n) is 5.48. The van der Waals surface area contributed by atoms with Crippen LogP contribution >= 0.6 is 15.9 Å². The SMILES string of the molecule is Nc1ccc(CN2CCCCC2=O)c(Br)c1. The van der Waals surface area contributed by atoms with E-state index < -0.39 is 0 Å². The number of nitrogen functional groups attached to an aromatic ring is 1. The summed E-state index contributed by atoms with van der Waals surface area (Å²) in [7, 11) is 0. The summed E-state index contributed by atoms with van der Waals surface area (Å²) in [6, 6.07) is 5.72. The maximum atomic E-state index is 11.7. The number of nitrogens with two attached hydrogens (primary N) is 1. The van der Waals surface area contributed by atoms with Gasteiger partial charge in [-0.2, -0.15) is 0 Å². The molecule has 0 saturated carbocycles. The maximum absolute atomic E-state index is 11.7. The quantitative estimate of drug-likeness (QED) is 0.848. The molecule has 0 aromatic heterocycles. The van der Waals surface area contributed by atoms with Crippen molar-refractivity contribution in [1.82, 2.24) is 4.90 Å². The van der Waals surface area contributed by atoms with Crippen molar-refractivity contribution in [3.8, 4) is 0 Å². The Balaban J connectivity index is 2.10. The number of anilines is 1. The van der Waals surface area contributed by atoms with Crippen LogP contribution in [0.25, 0.3) is 0 Å². The largest absolute Gasteiger partial charge is 0.399 e. The number of halogens is 1. The number of piperidine rings is 1. The molecule has 0 bridgehead atoms. The summed E-state index contributed by atoms with van der Waals surface area (Å²) >= 11 is 3.48. The van der Waals surface area contributed by atoms with E-state index in [9.17, 15) is 4.79 Å². The van der Waals surface area contributed by atoms with Gasteiger partial charge in [0, 0.05) is 29.7 Å². The molecule has 1 aliphatic rings. The zero-order chi connectivity index (χ0) is 11.5. The summed E-state index contributed by atoms with van der Waals surface area (Å²) in [5.41, 5.74) is 7.53. The predicted molar refractivity (Wildman–Crippen MR) is 67.8 cm³/mol. The first-order chi connectivity index (χ1) is 7.66. The van der Waals surface area contributed by atoms with Gasteiger partial charge in [0.05, 0.1) is 0 Å². The molecule has 3 nitrogen and oxygen atoms in total. The number of nitrogens with zero attached hydrogens (tertiary/aromatic N) is 1. The summed E-state index contributed by atoms with van der Waals surface area (Å²) in [5.74, 6) is 0.259. The number of likely N-dealkylation sites (tertiary alicyclic amines) is 1. The van der Waals surface area contributed by atoms with E-state index in [1.807, 2.05) is 23.1 Å². The van der Waals surface area contributed by atoms with Gasteiger partial charge in [0.15, 0.2) is 0 Å². The van der Waals surface area contributed by atoms with Gasteiger partial charge in [0.1, 0.15) is 0 Å². The number of carbonyl (C=O) groups is 1. The molecule has 16 heavy (non-hydrogen) atoms. The number of rotatable bonds is 2. The zero-order valence-electron chi connectivity index (χ0n) is 9.08. The third kappa shape index (κ3) is 2.55. The Bertz CT molecular complexity index is 406. The highest BCUT2D eigenvalue weighted by molar-refractivity contribution is 9.10. The molecule has 4 heteroatoms. The Labute approximate surface area is 104 Å². The van der Waals surface area contributed by atoms with Crippen molar-refractivity contribution in [1.29, 1.82) is 0 Å². The van der Waals surface area contributed by atoms with Gasteiger partial charge in [0.2, 0.25) is 5.91 Å². The molecule has 1 fully saturated rings. The molecule has 0 spiro atoms. The smallest absolute Gasteiger partial charge is 0.222 e. The fourth-order valence-corrected chi connectivity index (χ4v) is 2.45. The lowest BCUT2D eigenvalue weighted by molar-refractivity contribution is -0.133. The third-order valence-electron chi connectivity index (χ3n) is 2.86. The molecule has 0 unspecified atom stereocenters. The van der Waals surface area contributed by atoms with Gasteiger partial charge in [0.25, 0.3) is 0 Å². The molecule has 1 heterocycles. The molecule has 2 rings (SSSR count). The Morgan fingerprint density at radius 3 is 2.88 bits per heavy atom. The highest BCUT2D eigenvalue weighted by atomic mass is 79.9. The van der Waals surface area contributed by atoms with E-state index in [1.54, 1.807) is 0 Å². The summed E-state index contributed by atoms with van der Waals surface area (Å²) in [6.07, 6.45) is 2.82. The second kappa shape index (κ2) is 4.87. The Morgan fingerprint density at radius 1 is 1.38 bits per heavy atom. The monoisotopic (exact) mass is 282 g/mol. The van der Waals surface area contributed by atoms with E-state index >= 15 is 0 Å². The van der Waals surface area contributed by atoms with Crippen LogP contribution in [0.2, 0.25) is 0 Å². The van der Waals surface area contributed by atoms with Crippen molar-refractivity contribution in [2.24, 2.45) is 0 Å². The summed E-state index contributed by atoms with van der Waals surface area (Å²) < 4.78 is 0.978. The number of carbonyl (C=O) groups excluding carboxylic acids is 1. The van der Waals surface area contributed by atoms with E-state index in [-0.39, 0.29) is 5.91 Å². The molecule has 1 aliphatic heterocycles. The fourth-order valence-electron chi connectivity index (χ4n) is 1.93. The van der Waals surface area contributed by atoms with Crippen LogP contribution < -0.4 is 5.73 Å². The highest BCUT2D eigenvalue weighted by Crippen LogP contribution is 2.23. The maximum Gasteiger partial charge on any atom is 0.222 e. The minimum atomic E-state index is 0.259. The van der Waals surface area contributed by atoms with Crippen LogP contribution in [0, 0.1) is 0 Å². The van der Waals surface area contributed by atoms with Crippen molar-refractivity contribution < 1.29 is 4.79 Å². The average molecular weight is 283 g/mol. The lowest BCUT2D eigenvalue weighted by Gasteiger charge is -2.27. The molecule has 0 aliphatic carbocycles. The van der Waals surface area contributed by atoms with Gasteiger partial charge in [-0.05, 0) is 30.5 Å². The van der Waals surface area contributed by atoms with Crippen molar-refractivity contribution in [3.63, 3.8) is 0 Å². The van der Waals surface area contributed by atoms with E-state index in [1.165, 1.54) is 0 Å². The van der Waals surface area contributed by atoms with Crippen LogP contribution in [0.4, 0.5) is 5.69 Å². The van der Waals surface area contributed by atoms with Gasteiger partial charge in [-0.25, -0.2) is 0 Å². The topological polar surface area (TPSA) is 46.3 Å². The first kappa shape index (κ1) is 11.5. The molecular weight excluding hydrogens is 268 g/mol. The van der Waals surface area contributed by atoms with Crippen LogP contribution in [0.1, 0.15) is 24.8 Å². The molecule has 2 N–H and O–H groups in total. The number of amides is 1. The zero-order valence-corrected chi connectivity index (χ0v) is 10.7. The van der Waals surface area contributed by atoms with E-state index in [0.29, 0.717) is 13.0 Å². The molecule has 86 valence electrons. The van der Waals surface area contributed by atoms with Crippen molar-refractivity contribution in [3.05, 3.63) is 28.2 Å². The van der Waals surface area contributed by atoms with Crippen LogP contribution in [-0.4, -0.2) is 17.4 Å². The number of hydrogen-bond acceptors (Lipinski definition) is 2. The van der Waals surface area contributed by atoms with Crippen LogP contribution in [-0.2, 0) is 11.3 Å². The number of hydrogen-bond donors (Lipinski definition) is 1. The second-order valence-electron chi connectivity index (χ2n) is 4.12. The molecule has 1 aromatic rings. The second-order valence-corrected chi connectivity index (χ2v) is 4.98. The van der Waals surface area contributed by atoms with Crippen molar-refractivity contribution >= 4 is 27.5 Å². The lowest BCUT2D eigenvalue weighted by atomic mass is 10.1. The standard InChI is InChI=1S/C12H15BrN2O/c13-11-7-10(14)5-4-9(11)8-15-6-2-1-3-12(15)16/h4-5,7H,1-3,6,8,14H2. The van der Waals surface area contributed by atoms with Gasteiger partial charge >= 0.3 is 0 Å².